The number of hydrogen-bond donors (Lipinski definition) is 1. The van der Waals surface area contributed by atoms with Gasteiger partial charge < -0.3 is 4.98 Å². The lowest BCUT2D eigenvalue weighted by molar-refractivity contribution is 0.594. The zero-order valence-electron chi connectivity index (χ0n) is 15.0. The molecule has 7 heteroatoms. The molecule has 0 unspecified atom stereocenters. The van der Waals surface area contributed by atoms with Crippen molar-refractivity contribution in [1.29, 1.82) is 0 Å². The van der Waals surface area contributed by atoms with E-state index in [-0.39, 0.29) is 11.0 Å². The van der Waals surface area contributed by atoms with E-state index < -0.39 is 9.84 Å². The van der Waals surface area contributed by atoms with Crippen molar-refractivity contribution in [1.82, 2.24) is 19.4 Å². The molecule has 6 nitrogen and oxygen atoms in total. The molecule has 0 saturated heterocycles. The number of H-pyrrole nitrogens is 1. The van der Waals surface area contributed by atoms with Crippen molar-refractivity contribution in [2.45, 2.75) is 31.4 Å². The zero-order chi connectivity index (χ0) is 18.6. The summed E-state index contributed by atoms with van der Waals surface area (Å²) in [5.74, 6) is 1.14. The molecule has 0 aliphatic heterocycles. The Kier molecular flexibility index (Phi) is 3.62. The van der Waals surface area contributed by atoms with Crippen LogP contribution in [0.3, 0.4) is 0 Å². The van der Waals surface area contributed by atoms with E-state index in [1.807, 2.05) is 49.6 Å². The van der Waals surface area contributed by atoms with Crippen molar-refractivity contribution >= 4 is 26.5 Å². The molecule has 0 bridgehead atoms. The van der Waals surface area contributed by atoms with E-state index in [9.17, 15) is 8.42 Å². The molecule has 0 amide bonds. The van der Waals surface area contributed by atoms with Gasteiger partial charge in [-0.3, -0.25) is 4.40 Å². The van der Waals surface area contributed by atoms with Gasteiger partial charge in [0.1, 0.15) is 5.82 Å². The number of benzene rings is 1. The lowest BCUT2D eigenvalue weighted by Gasteiger charge is -2.05. The molecule has 1 saturated carbocycles. The molecular weight excluding hydrogens is 360 g/mol. The lowest BCUT2D eigenvalue weighted by atomic mass is 10.1. The minimum absolute atomic E-state index is 0.0885. The fraction of sp³-hybridized carbons (Fsp3) is 0.300. The normalized spacial score (nSPS) is 15.0. The summed E-state index contributed by atoms with van der Waals surface area (Å²) in [6.07, 6.45) is 5.94. The van der Waals surface area contributed by atoms with Crippen LogP contribution in [0.25, 0.3) is 27.9 Å². The number of aromatic nitrogens is 4. The van der Waals surface area contributed by atoms with E-state index in [0.717, 1.165) is 52.2 Å². The number of hydrogen-bond acceptors (Lipinski definition) is 4. The summed E-state index contributed by atoms with van der Waals surface area (Å²) in [5, 5.41) is -0.0885. The Morgan fingerprint density at radius 1 is 1.15 bits per heavy atom. The molecule has 0 spiro atoms. The standard InChI is InChI=1S/C20H20N4O2S/c1-13-23-19(18-12-22-20-17(24(13)18)8-10-21-20)15-4-2-14(3-5-15)9-11-27(25,26)16-6-7-16/h2-5,8,10,12,16,21H,6-7,9,11H2,1H3. The maximum absolute atomic E-state index is 12.1. The fourth-order valence-corrected chi connectivity index (χ4v) is 5.34. The first-order valence-corrected chi connectivity index (χ1v) is 10.9. The highest BCUT2D eigenvalue weighted by Crippen LogP contribution is 2.30. The number of rotatable bonds is 5. The second-order valence-corrected chi connectivity index (χ2v) is 9.61. The molecule has 1 aliphatic carbocycles. The number of aryl methyl sites for hydroxylation is 2. The maximum Gasteiger partial charge on any atom is 0.154 e. The third kappa shape index (κ3) is 2.82. The quantitative estimate of drug-likeness (QED) is 0.576. The Morgan fingerprint density at radius 3 is 2.67 bits per heavy atom. The van der Waals surface area contributed by atoms with Gasteiger partial charge in [-0.1, -0.05) is 24.3 Å². The van der Waals surface area contributed by atoms with Crippen LogP contribution >= 0.6 is 0 Å². The van der Waals surface area contributed by atoms with Gasteiger partial charge >= 0.3 is 0 Å². The summed E-state index contributed by atoms with van der Waals surface area (Å²) in [4.78, 5) is 12.4. The minimum Gasteiger partial charge on any atom is -0.345 e. The van der Waals surface area contributed by atoms with E-state index in [2.05, 4.69) is 14.4 Å². The molecule has 1 aliphatic rings. The van der Waals surface area contributed by atoms with Gasteiger partial charge in [-0.25, -0.2) is 18.4 Å². The van der Waals surface area contributed by atoms with Crippen LogP contribution in [0.15, 0.2) is 42.7 Å². The van der Waals surface area contributed by atoms with Crippen LogP contribution in [0, 0.1) is 6.92 Å². The fourth-order valence-electron chi connectivity index (χ4n) is 3.63. The van der Waals surface area contributed by atoms with Gasteiger partial charge in [0.15, 0.2) is 15.5 Å². The zero-order valence-corrected chi connectivity index (χ0v) is 15.8. The average Bonchev–Trinajstić information content (AvgIpc) is 3.34. The van der Waals surface area contributed by atoms with Gasteiger partial charge in [0.05, 0.1) is 33.9 Å². The Balaban J connectivity index is 1.46. The number of sulfone groups is 1. The first-order chi connectivity index (χ1) is 13.0. The number of aromatic amines is 1. The van der Waals surface area contributed by atoms with Crippen molar-refractivity contribution in [2.24, 2.45) is 0 Å². The van der Waals surface area contributed by atoms with Crippen LogP contribution in [-0.2, 0) is 16.3 Å². The molecule has 138 valence electrons. The van der Waals surface area contributed by atoms with Crippen molar-refractivity contribution in [2.75, 3.05) is 5.75 Å². The Hall–Kier alpha value is -2.67. The molecule has 1 fully saturated rings. The Bertz CT molecular complexity index is 1250. The molecule has 27 heavy (non-hydrogen) atoms. The summed E-state index contributed by atoms with van der Waals surface area (Å²) >= 11 is 0. The predicted molar refractivity (Wildman–Crippen MR) is 106 cm³/mol. The minimum atomic E-state index is -2.92. The highest BCUT2D eigenvalue weighted by molar-refractivity contribution is 7.92. The van der Waals surface area contributed by atoms with E-state index in [4.69, 9.17) is 4.98 Å². The number of imidazole rings is 1. The van der Waals surface area contributed by atoms with Crippen LogP contribution in [0.1, 0.15) is 24.2 Å². The summed E-state index contributed by atoms with van der Waals surface area (Å²) in [6.45, 7) is 1.99. The molecule has 5 rings (SSSR count). The molecule has 3 heterocycles. The molecule has 0 radical (unpaired) electrons. The molecular formula is C20H20N4O2S. The van der Waals surface area contributed by atoms with Crippen LogP contribution in [0.4, 0.5) is 0 Å². The van der Waals surface area contributed by atoms with E-state index in [1.54, 1.807) is 0 Å². The third-order valence-corrected chi connectivity index (χ3v) is 7.54. The first-order valence-electron chi connectivity index (χ1n) is 9.15. The van der Waals surface area contributed by atoms with E-state index in [1.165, 1.54) is 0 Å². The molecule has 0 atom stereocenters. The molecule has 1 N–H and O–H groups in total. The molecule has 3 aromatic heterocycles. The van der Waals surface area contributed by atoms with Crippen molar-refractivity contribution in [3.05, 3.63) is 54.1 Å². The van der Waals surface area contributed by atoms with Gasteiger partial charge in [0.25, 0.3) is 0 Å². The summed E-state index contributed by atoms with van der Waals surface area (Å²) in [5.41, 5.74) is 5.73. The first kappa shape index (κ1) is 16.5. The van der Waals surface area contributed by atoms with Crippen LogP contribution in [-0.4, -0.2) is 38.8 Å². The van der Waals surface area contributed by atoms with Gasteiger partial charge in [-0.05, 0) is 37.8 Å². The van der Waals surface area contributed by atoms with Crippen molar-refractivity contribution in [3.63, 3.8) is 0 Å². The highest BCUT2D eigenvalue weighted by atomic mass is 32.2. The highest BCUT2D eigenvalue weighted by Gasteiger charge is 2.34. The third-order valence-electron chi connectivity index (χ3n) is 5.28. The van der Waals surface area contributed by atoms with Crippen molar-refractivity contribution < 1.29 is 8.42 Å². The van der Waals surface area contributed by atoms with Crippen LogP contribution in [0.2, 0.25) is 0 Å². The Labute approximate surface area is 157 Å². The van der Waals surface area contributed by atoms with Gasteiger partial charge in [0.2, 0.25) is 0 Å². The maximum atomic E-state index is 12.1. The SMILES string of the molecule is Cc1nc(-c2ccc(CCS(=O)(=O)C3CC3)cc2)c2cnc3[nH]ccc3n12. The predicted octanol–water partition coefficient (Wildman–Crippen LogP) is 3.31. The Morgan fingerprint density at radius 2 is 1.93 bits per heavy atom. The van der Waals surface area contributed by atoms with E-state index in [0.29, 0.717) is 6.42 Å². The number of nitrogens with one attached hydrogen (secondary N) is 1. The average molecular weight is 380 g/mol. The molecule has 1 aromatic carbocycles. The number of nitrogens with zero attached hydrogens (tertiary/aromatic N) is 3. The van der Waals surface area contributed by atoms with Crippen LogP contribution < -0.4 is 0 Å². The summed E-state index contributed by atoms with van der Waals surface area (Å²) < 4.78 is 26.2. The van der Waals surface area contributed by atoms with Gasteiger partial charge in [-0.2, -0.15) is 0 Å². The van der Waals surface area contributed by atoms with Gasteiger partial charge in [-0.15, -0.1) is 0 Å². The summed E-state index contributed by atoms with van der Waals surface area (Å²) in [7, 11) is -2.92. The van der Waals surface area contributed by atoms with E-state index >= 15 is 0 Å². The topological polar surface area (TPSA) is 80.1 Å². The second-order valence-electron chi connectivity index (χ2n) is 7.21. The smallest absolute Gasteiger partial charge is 0.154 e. The second kappa shape index (κ2) is 5.92. The van der Waals surface area contributed by atoms with Crippen LogP contribution in [0.5, 0.6) is 0 Å². The molecule has 4 aromatic rings. The largest absolute Gasteiger partial charge is 0.345 e. The van der Waals surface area contributed by atoms with Crippen molar-refractivity contribution in [3.8, 4) is 11.3 Å². The lowest BCUT2D eigenvalue weighted by Crippen LogP contribution is -2.13. The monoisotopic (exact) mass is 380 g/mol. The summed E-state index contributed by atoms with van der Waals surface area (Å²) in [6, 6.07) is 10.0. The number of fused-ring (bicyclic) bond motifs is 3. The van der Waals surface area contributed by atoms with Gasteiger partial charge in [0, 0.05) is 11.8 Å².